The van der Waals surface area contributed by atoms with E-state index in [2.05, 4.69) is 30.9 Å². The highest BCUT2D eigenvalue weighted by Crippen LogP contribution is 2.29. The van der Waals surface area contributed by atoms with E-state index in [0.29, 0.717) is 31.0 Å². The summed E-state index contributed by atoms with van der Waals surface area (Å²) in [5.41, 5.74) is 2.73. The molecule has 0 N–H and O–H groups in total. The Bertz CT molecular complexity index is 782. The van der Waals surface area contributed by atoms with Crippen LogP contribution < -0.4 is 4.74 Å². The Kier molecular flexibility index (Phi) is 6.70. The van der Waals surface area contributed by atoms with Crippen LogP contribution in [-0.4, -0.2) is 68.3 Å². The summed E-state index contributed by atoms with van der Waals surface area (Å²) in [6.07, 6.45) is 0. The van der Waals surface area contributed by atoms with Crippen LogP contribution >= 0.6 is 0 Å². The fourth-order valence-corrected chi connectivity index (χ4v) is 4.02. The van der Waals surface area contributed by atoms with Crippen LogP contribution in [-0.2, 0) is 4.74 Å². The van der Waals surface area contributed by atoms with Gasteiger partial charge in [0.2, 0.25) is 0 Å². The first-order chi connectivity index (χ1) is 13.5. The summed E-state index contributed by atoms with van der Waals surface area (Å²) in [5, 5.41) is 0. The fourth-order valence-electron chi connectivity index (χ4n) is 4.02. The number of hydrogen-bond donors (Lipinski definition) is 0. The van der Waals surface area contributed by atoms with E-state index in [0.717, 1.165) is 17.7 Å². The van der Waals surface area contributed by atoms with Crippen molar-refractivity contribution >= 4 is 5.91 Å². The first-order valence-corrected chi connectivity index (χ1v) is 9.82. The van der Waals surface area contributed by atoms with E-state index in [1.807, 2.05) is 41.3 Å². The van der Waals surface area contributed by atoms with Crippen molar-refractivity contribution in [3.8, 4) is 16.9 Å². The van der Waals surface area contributed by atoms with Crippen LogP contribution in [0.3, 0.4) is 0 Å². The van der Waals surface area contributed by atoms with Gasteiger partial charge in [-0.1, -0.05) is 36.4 Å². The van der Waals surface area contributed by atoms with Crippen molar-refractivity contribution in [3.63, 3.8) is 0 Å². The molecule has 3 rings (SSSR count). The van der Waals surface area contributed by atoms with E-state index in [4.69, 9.17) is 9.47 Å². The van der Waals surface area contributed by atoms with Crippen molar-refractivity contribution in [3.05, 3.63) is 54.1 Å². The highest BCUT2D eigenvalue weighted by Gasteiger charge is 2.32. The number of nitrogens with zero attached hydrogens (tertiary/aromatic N) is 2. The molecule has 1 aliphatic heterocycles. The van der Waals surface area contributed by atoms with Gasteiger partial charge in [-0.2, -0.15) is 0 Å². The SMILES string of the molecule is COCCN1C(C)CN(C(=O)c2cc(-c3ccccc3)ccc2OC)CC1C. The standard InChI is InChI=1S/C23H30N2O3/c1-17-15-24(16-18(2)25(17)12-13-27-3)23(26)21-14-20(10-11-22(21)28-4)19-8-6-5-7-9-19/h5-11,14,17-18H,12-13,15-16H2,1-4H3. The van der Waals surface area contributed by atoms with Crippen LogP contribution in [0.2, 0.25) is 0 Å². The second-order valence-corrected chi connectivity index (χ2v) is 7.42. The van der Waals surface area contributed by atoms with E-state index in [1.54, 1.807) is 14.2 Å². The lowest BCUT2D eigenvalue weighted by atomic mass is 10.0. The van der Waals surface area contributed by atoms with Gasteiger partial charge in [-0.05, 0) is 37.1 Å². The van der Waals surface area contributed by atoms with Gasteiger partial charge in [-0.15, -0.1) is 0 Å². The highest BCUT2D eigenvalue weighted by atomic mass is 16.5. The summed E-state index contributed by atoms with van der Waals surface area (Å²) < 4.78 is 10.7. The summed E-state index contributed by atoms with van der Waals surface area (Å²) in [6, 6.07) is 16.5. The molecule has 5 nitrogen and oxygen atoms in total. The molecule has 1 aliphatic rings. The first kappa shape index (κ1) is 20.4. The molecule has 150 valence electrons. The number of hydrogen-bond acceptors (Lipinski definition) is 4. The molecule has 5 heteroatoms. The van der Waals surface area contributed by atoms with Gasteiger partial charge in [0.15, 0.2) is 0 Å². The molecule has 0 aromatic heterocycles. The maximum Gasteiger partial charge on any atom is 0.257 e. The molecule has 28 heavy (non-hydrogen) atoms. The van der Waals surface area contributed by atoms with Gasteiger partial charge in [0.05, 0.1) is 19.3 Å². The molecule has 0 radical (unpaired) electrons. The van der Waals surface area contributed by atoms with Gasteiger partial charge in [0, 0.05) is 38.8 Å². The largest absolute Gasteiger partial charge is 0.496 e. The molecule has 1 saturated heterocycles. The van der Waals surface area contributed by atoms with E-state index < -0.39 is 0 Å². The third-order valence-corrected chi connectivity index (χ3v) is 5.48. The number of rotatable bonds is 6. The minimum absolute atomic E-state index is 0.0275. The van der Waals surface area contributed by atoms with Crippen molar-refractivity contribution in [1.82, 2.24) is 9.80 Å². The van der Waals surface area contributed by atoms with Crippen molar-refractivity contribution in [2.45, 2.75) is 25.9 Å². The van der Waals surface area contributed by atoms with E-state index in [1.165, 1.54) is 0 Å². The minimum Gasteiger partial charge on any atom is -0.496 e. The molecule has 0 bridgehead atoms. The Morgan fingerprint density at radius 3 is 2.29 bits per heavy atom. The molecule has 1 fully saturated rings. The molecular weight excluding hydrogens is 352 g/mol. The zero-order valence-corrected chi connectivity index (χ0v) is 17.2. The molecule has 1 amide bonds. The smallest absolute Gasteiger partial charge is 0.257 e. The summed E-state index contributed by atoms with van der Waals surface area (Å²) in [5.74, 6) is 0.645. The number of carbonyl (C=O) groups excluding carboxylic acids is 1. The topological polar surface area (TPSA) is 42.0 Å². The van der Waals surface area contributed by atoms with Crippen molar-refractivity contribution in [2.75, 3.05) is 40.5 Å². The van der Waals surface area contributed by atoms with Crippen LogP contribution in [0.5, 0.6) is 5.75 Å². The van der Waals surface area contributed by atoms with Crippen molar-refractivity contribution in [2.24, 2.45) is 0 Å². The number of methoxy groups -OCH3 is 2. The lowest BCUT2D eigenvalue weighted by Crippen LogP contribution is -2.58. The number of carbonyl (C=O) groups is 1. The quantitative estimate of drug-likeness (QED) is 0.766. The molecular formula is C23H30N2O3. The maximum absolute atomic E-state index is 13.4. The van der Waals surface area contributed by atoms with Gasteiger partial charge in [0.25, 0.3) is 5.91 Å². The number of amides is 1. The molecule has 2 unspecified atom stereocenters. The molecule has 2 aromatic rings. The Morgan fingerprint density at radius 2 is 1.68 bits per heavy atom. The van der Waals surface area contributed by atoms with Crippen molar-refractivity contribution in [1.29, 1.82) is 0 Å². The predicted molar refractivity (Wildman–Crippen MR) is 112 cm³/mol. The average Bonchev–Trinajstić information content (AvgIpc) is 2.72. The van der Waals surface area contributed by atoms with Crippen molar-refractivity contribution < 1.29 is 14.3 Å². The van der Waals surface area contributed by atoms with Gasteiger partial charge in [0.1, 0.15) is 5.75 Å². The Hall–Kier alpha value is -2.37. The molecule has 2 aromatic carbocycles. The Balaban J connectivity index is 1.84. The van der Waals surface area contributed by atoms with Gasteiger partial charge in [-0.3, -0.25) is 9.69 Å². The van der Waals surface area contributed by atoms with E-state index in [9.17, 15) is 4.79 Å². The minimum atomic E-state index is 0.0275. The maximum atomic E-state index is 13.4. The Labute approximate surface area is 167 Å². The highest BCUT2D eigenvalue weighted by molar-refractivity contribution is 5.98. The third kappa shape index (κ3) is 4.37. The lowest BCUT2D eigenvalue weighted by Gasteiger charge is -2.44. The summed E-state index contributed by atoms with van der Waals surface area (Å²) in [4.78, 5) is 17.7. The molecule has 2 atom stereocenters. The molecule has 0 spiro atoms. The third-order valence-electron chi connectivity index (χ3n) is 5.48. The second kappa shape index (κ2) is 9.22. The van der Waals surface area contributed by atoms with E-state index >= 15 is 0 Å². The summed E-state index contributed by atoms with van der Waals surface area (Å²) in [7, 11) is 3.34. The Morgan fingerprint density at radius 1 is 1.00 bits per heavy atom. The van der Waals surface area contributed by atoms with Crippen LogP contribution in [0.25, 0.3) is 11.1 Å². The second-order valence-electron chi connectivity index (χ2n) is 7.42. The fraction of sp³-hybridized carbons (Fsp3) is 0.435. The number of benzene rings is 2. The normalized spacial score (nSPS) is 20.2. The molecule has 1 heterocycles. The lowest BCUT2D eigenvalue weighted by molar-refractivity contribution is 0.0192. The first-order valence-electron chi connectivity index (χ1n) is 9.82. The van der Waals surface area contributed by atoms with Crippen LogP contribution in [0.4, 0.5) is 0 Å². The van der Waals surface area contributed by atoms with Gasteiger partial charge in [-0.25, -0.2) is 0 Å². The summed E-state index contributed by atoms with van der Waals surface area (Å²) in [6.45, 7) is 7.33. The average molecular weight is 383 g/mol. The zero-order valence-electron chi connectivity index (χ0n) is 17.2. The van der Waals surface area contributed by atoms with Gasteiger partial charge < -0.3 is 14.4 Å². The van der Waals surface area contributed by atoms with Crippen LogP contribution in [0.15, 0.2) is 48.5 Å². The van der Waals surface area contributed by atoms with Crippen LogP contribution in [0.1, 0.15) is 24.2 Å². The van der Waals surface area contributed by atoms with E-state index in [-0.39, 0.29) is 18.0 Å². The molecule has 0 saturated carbocycles. The number of piperazine rings is 1. The predicted octanol–water partition coefficient (Wildman–Crippen LogP) is 3.54. The monoisotopic (exact) mass is 382 g/mol. The number of ether oxygens (including phenoxy) is 2. The summed E-state index contributed by atoms with van der Waals surface area (Å²) >= 11 is 0. The zero-order chi connectivity index (χ0) is 20.1. The molecule has 0 aliphatic carbocycles. The van der Waals surface area contributed by atoms with Gasteiger partial charge >= 0.3 is 0 Å². The van der Waals surface area contributed by atoms with Crippen LogP contribution in [0, 0.1) is 0 Å².